The van der Waals surface area contributed by atoms with E-state index in [-0.39, 0.29) is 5.91 Å². The highest BCUT2D eigenvalue weighted by Crippen LogP contribution is 2.14. The number of carbonyl (C=O) groups excluding carboxylic acids is 2. The van der Waals surface area contributed by atoms with Crippen molar-refractivity contribution < 1.29 is 14.3 Å². The van der Waals surface area contributed by atoms with Crippen molar-refractivity contribution in [2.24, 2.45) is 0 Å². The van der Waals surface area contributed by atoms with Crippen molar-refractivity contribution in [3.05, 3.63) is 34.9 Å². The molecule has 0 aromatic heterocycles. The maximum atomic E-state index is 12.4. The van der Waals surface area contributed by atoms with Gasteiger partial charge in [0.2, 0.25) is 0 Å². The second-order valence-electron chi connectivity index (χ2n) is 4.25. The van der Waals surface area contributed by atoms with Crippen LogP contribution >= 0.6 is 11.6 Å². The average Bonchev–Trinajstić information content (AvgIpc) is 2.46. The Hall–Kier alpha value is -1.59. The minimum Gasteiger partial charge on any atom is -0.467 e. The first-order valence-corrected chi connectivity index (χ1v) is 6.36. The van der Waals surface area contributed by atoms with E-state index in [0.29, 0.717) is 30.2 Å². The molecule has 2 rings (SSSR count). The van der Waals surface area contributed by atoms with Crippen LogP contribution in [0.15, 0.2) is 24.3 Å². The summed E-state index contributed by atoms with van der Waals surface area (Å²) in [6.07, 6.45) is 0. The van der Waals surface area contributed by atoms with E-state index in [1.54, 1.807) is 24.3 Å². The summed E-state index contributed by atoms with van der Waals surface area (Å²) in [6.45, 7) is 1.54. The molecule has 0 unspecified atom stereocenters. The minimum absolute atomic E-state index is 0.187. The van der Waals surface area contributed by atoms with Crippen LogP contribution in [-0.2, 0) is 9.53 Å². The van der Waals surface area contributed by atoms with Gasteiger partial charge in [0.15, 0.2) is 0 Å². The van der Waals surface area contributed by atoms with Gasteiger partial charge in [0.25, 0.3) is 5.91 Å². The molecule has 0 aliphatic carbocycles. The predicted octanol–water partition coefficient (Wildman–Crippen LogP) is 0.927. The van der Waals surface area contributed by atoms with Gasteiger partial charge in [-0.2, -0.15) is 0 Å². The summed E-state index contributed by atoms with van der Waals surface area (Å²) in [6, 6.07) is 6.04. The Balaban J connectivity index is 2.20. The Labute approximate surface area is 116 Å². The molecule has 0 saturated carbocycles. The number of methoxy groups -OCH3 is 1. The van der Waals surface area contributed by atoms with Gasteiger partial charge in [-0.1, -0.05) is 11.6 Å². The van der Waals surface area contributed by atoms with Gasteiger partial charge in [-0.3, -0.25) is 4.79 Å². The SMILES string of the molecule is COC(=O)[C@@H]1CNCCN1C(=O)c1ccc(Cl)cc1. The minimum atomic E-state index is -0.582. The summed E-state index contributed by atoms with van der Waals surface area (Å²) < 4.78 is 4.73. The van der Waals surface area contributed by atoms with Crippen molar-refractivity contribution in [1.82, 2.24) is 10.2 Å². The predicted molar refractivity (Wildman–Crippen MR) is 71.2 cm³/mol. The number of amides is 1. The third-order valence-corrected chi connectivity index (χ3v) is 3.32. The molecule has 1 aliphatic heterocycles. The molecule has 5 nitrogen and oxygen atoms in total. The van der Waals surface area contributed by atoms with Crippen LogP contribution < -0.4 is 5.32 Å². The fraction of sp³-hybridized carbons (Fsp3) is 0.385. The number of benzene rings is 1. The highest BCUT2D eigenvalue weighted by molar-refractivity contribution is 6.30. The first-order chi connectivity index (χ1) is 9.13. The average molecular weight is 283 g/mol. The van der Waals surface area contributed by atoms with Crippen LogP contribution in [0.5, 0.6) is 0 Å². The molecule has 1 aromatic carbocycles. The van der Waals surface area contributed by atoms with E-state index in [2.05, 4.69) is 5.32 Å². The van der Waals surface area contributed by atoms with Crippen LogP contribution in [0.1, 0.15) is 10.4 Å². The normalized spacial score (nSPS) is 19.1. The molecular formula is C13H15ClN2O3. The van der Waals surface area contributed by atoms with Gasteiger partial charge < -0.3 is 15.0 Å². The van der Waals surface area contributed by atoms with Gasteiger partial charge in [0, 0.05) is 30.2 Å². The van der Waals surface area contributed by atoms with Crippen molar-refractivity contribution in [2.45, 2.75) is 6.04 Å². The number of carbonyl (C=O) groups is 2. The molecule has 1 fully saturated rings. The first-order valence-electron chi connectivity index (χ1n) is 5.98. The van der Waals surface area contributed by atoms with Crippen LogP contribution in [0.4, 0.5) is 0 Å². The summed E-state index contributed by atoms with van der Waals surface area (Å²) in [5, 5.41) is 3.65. The number of nitrogens with zero attached hydrogens (tertiary/aromatic N) is 1. The molecule has 1 aromatic rings. The Bertz CT molecular complexity index is 475. The second kappa shape index (κ2) is 6.04. The largest absolute Gasteiger partial charge is 0.467 e. The lowest BCUT2D eigenvalue weighted by molar-refractivity contribution is -0.146. The van der Waals surface area contributed by atoms with E-state index in [1.165, 1.54) is 12.0 Å². The fourth-order valence-electron chi connectivity index (χ4n) is 2.05. The van der Waals surface area contributed by atoms with Crippen molar-refractivity contribution >= 4 is 23.5 Å². The lowest BCUT2D eigenvalue weighted by Gasteiger charge is -2.34. The standard InChI is InChI=1S/C13H15ClN2O3/c1-19-13(18)11-8-15-6-7-16(11)12(17)9-2-4-10(14)5-3-9/h2-5,11,15H,6-8H2,1H3/t11-/m0/s1. The topological polar surface area (TPSA) is 58.6 Å². The number of nitrogens with one attached hydrogen (secondary N) is 1. The lowest BCUT2D eigenvalue weighted by Crippen LogP contribution is -2.57. The highest BCUT2D eigenvalue weighted by atomic mass is 35.5. The van der Waals surface area contributed by atoms with Gasteiger partial charge in [-0.15, -0.1) is 0 Å². The molecule has 102 valence electrons. The molecule has 6 heteroatoms. The molecule has 1 saturated heterocycles. The van der Waals surface area contributed by atoms with E-state index in [9.17, 15) is 9.59 Å². The van der Waals surface area contributed by atoms with Gasteiger partial charge in [0.05, 0.1) is 7.11 Å². The van der Waals surface area contributed by atoms with E-state index in [1.807, 2.05) is 0 Å². The van der Waals surface area contributed by atoms with Crippen molar-refractivity contribution in [2.75, 3.05) is 26.7 Å². The number of piperazine rings is 1. The van der Waals surface area contributed by atoms with Crippen LogP contribution in [-0.4, -0.2) is 49.6 Å². The Morgan fingerprint density at radius 2 is 2.05 bits per heavy atom. The molecule has 1 atom stereocenters. The van der Waals surface area contributed by atoms with Gasteiger partial charge >= 0.3 is 5.97 Å². The molecule has 19 heavy (non-hydrogen) atoms. The molecule has 0 bridgehead atoms. The number of rotatable bonds is 2. The lowest BCUT2D eigenvalue weighted by atomic mass is 10.1. The van der Waals surface area contributed by atoms with E-state index in [0.717, 1.165) is 0 Å². The summed E-state index contributed by atoms with van der Waals surface area (Å²) >= 11 is 5.79. The van der Waals surface area contributed by atoms with E-state index >= 15 is 0 Å². The Morgan fingerprint density at radius 1 is 1.37 bits per heavy atom. The van der Waals surface area contributed by atoms with E-state index in [4.69, 9.17) is 16.3 Å². The molecular weight excluding hydrogens is 268 g/mol. The summed E-state index contributed by atoms with van der Waals surface area (Å²) in [4.78, 5) is 25.6. The summed E-state index contributed by atoms with van der Waals surface area (Å²) in [7, 11) is 1.32. The highest BCUT2D eigenvalue weighted by Gasteiger charge is 2.33. The van der Waals surface area contributed by atoms with Gasteiger partial charge in [0.1, 0.15) is 6.04 Å². The summed E-state index contributed by atoms with van der Waals surface area (Å²) in [5.74, 6) is -0.594. The smallest absolute Gasteiger partial charge is 0.329 e. The molecule has 1 aliphatic rings. The van der Waals surface area contributed by atoms with Crippen LogP contribution in [0.25, 0.3) is 0 Å². The van der Waals surface area contributed by atoms with Crippen molar-refractivity contribution in [1.29, 1.82) is 0 Å². The zero-order valence-corrected chi connectivity index (χ0v) is 11.3. The number of halogens is 1. The van der Waals surface area contributed by atoms with Crippen molar-refractivity contribution in [3.8, 4) is 0 Å². The third kappa shape index (κ3) is 3.05. The monoisotopic (exact) mass is 282 g/mol. The summed E-state index contributed by atoms with van der Waals surface area (Å²) in [5.41, 5.74) is 0.514. The number of hydrogen-bond acceptors (Lipinski definition) is 4. The Kier molecular flexibility index (Phi) is 4.39. The van der Waals surface area contributed by atoms with Crippen LogP contribution in [0.3, 0.4) is 0 Å². The quantitative estimate of drug-likeness (QED) is 0.820. The van der Waals surface area contributed by atoms with E-state index < -0.39 is 12.0 Å². The van der Waals surface area contributed by atoms with Gasteiger partial charge in [-0.25, -0.2) is 4.79 Å². The zero-order valence-electron chi connectivity index (χ0n) is 10.6. The van der Waals surface area contributed by atoms with Gasteiger partial charge in [-0.05, 0) is 24.3 Å². The second-order valence-corrected chi connectivity index (χ2v) is 4.68. The molecule has 0 spiro atoms. The number of hydrogen-bond donors (Lipinski definition) is 1. The van der Waals surface area contributed by atoms with Crippen LogP contribution in [0.2, 0.25) is 5.02 Å². The molecule has 1 amide bonds. The maximum absolute atomic E-state index is 12.4. The molecule has 1 N–H and O–H groups in total. The maximum Gasteiger partial charge on any atom is 0.329 e. The van der Waals surface area contributed by atoms with Crippen molar-refractivity contribution in [3.63, 3.8) is 0 Å². The first kappa shape index (κ1) is 13.8. The third-order valence-electron chi connectivity index (χ3n) is 3.07. The Morgan fingerprint density at radius 3 is 2.68 bits per heavy atom. The number of ether oxygens (including phenoxy) is 1. The van der Waals surface area contributed by atoms with Crippen LogP contribution in [0, 0.1) is 0 Å². The number of esters is 1. The zero-order chi connectivity index (χ0) is 13.8. The molecule has 1 heterocycles. The fourth-order valence-corrected chi connectivity index (χ4v) is 2.18. The molecule has 0 radical (unpaired) electrons.